The summed E-state index contributed by atoms with van der Waals surface area (Å²) in [6.45, 7) is 2.06. The van der Waals surface area contributed by atoms with Crippen LogP contribution in [0.5, 0.6) is 0 Å². The van der Waals surface area contributed by atoms with E-state index in [0.29, 0.717) is 6.42 Å². The largest absolute Gasteiger partial charge is 0.467 e. The molecule has 2 aromatic rings. The van der Waals surface area contributed by atoms with Crippen molar-refractivity contribution in [3.05, 3.63) is 59.7 Å². The lowest BCUT2D eigenvalue weighted by Gasteiger charge is -2.20. The van der Waals surface area contributed by atoms with Crippen molar-refractivity contribution in [2.45, 2.75) is 38.1 Å². The van der Waals surface area contributed by atoms with Crippen LogP contribution in [0.4, 0.5) is 0 Å². The normalized spacial score (nSPS) is 13.7. The van der Waals surface area contributed by atoms with Gasteiger partial charge in [0.25, 0.3) is 0 Å². The van der Waals surface area contributed by atoms with Crippen LogP contribution in [0, 0.1) is 0 Å². The average Bonchev–Trinajstić information content (AvgIpc) is 2.99. The van der Waals surface area contributed by atoms with Gasteiger partial charge in [-0.05, 0) is 28.7 Å². The maximum atomic E-state index is 13.0. The fourth-order valence-corrected chi connectivity index (χ4v) is 3.49. The van der Waals surface area contributed by atoms with Crippen molar-refractivity contribution in [2.24, 2.45) is 0 Å². The van der Waals surface area contributed by atoms with Crippen LogP contribution in [0.3, 0.4) is 0 Å². The molecule has 0 unspecified atom stereocenters. The predicted molar refractivity (Wildman–Crippen MR) is 97.2 cm³/mol. The van der Waals surface area contributed by atoms with E-state index < -0.39 is 6.04 Å². The smallest absolute Gasteiger partial charge is 0.328 e. The Bertz CT molecular complexity index is 739. The number of ether oxygens (including phenoxy) is 1. The molecule has 0 radical (unpaired) electrons. The van der Waals surface area contributed by atoms with E-state index in [1.165, 1.54) is 7.11 Å². The first-order chi connectivity index (χ1) is 12.2. The van der Waals surface area contributed by atoms with Crippen molar-refractivity contribution in [3.63, 3.8) is 0 Å². The van der Waals surface area contributed by atoms with Crippen molar-refractivity contribution in [1.82, 2.24) is 5.32 Å². The van der Waals surface area contributed by atoms with Crippen LogP contribution in [-0.4, -0.2) is 25.0 Å². The molecule has 1 aliphatic carbocycles. The first kappa shape index (κ1) is 17.2. The number of hydrogen-bond donors (Lipinski definition) is 1. The van der Waals surface area contributed by atoms with E-state index in [-0.39, 0.29) is 17.8 Å². The number of carbonyl (C=O) groups is 2. The lowest BCUT2D eigenvalue weighted by atomic mass is 9.95. The number of fused-ring (bicyclic) bond motifs is 3. The fourth-order valence-electron chi connectivity index (χ4n) is 3.49. The molecule has 0 heterocycles. The summed E-state index contributed by atoms with van der Waals surface area (Å²) in [5.74, 6) is -0.925. The van der Waals surface area contributed by atoms with Crippen LogP contribution in [0.25, 0.3) is 11.1 Å². The zero-order valence-corrected chi connectivity index (χ0v) is 14.6. The van der Waals surface area contributed by atoms with Gasteiger partial charge in [-0.1, -0.05) is 68.3 Å². The average molecular weight is 337 g/mol. The third-order valence-electron chi connectivity index (χ3n) is 4.74. The van der Waals surface area contributed by atoms with Gasteiger partial charge >= 0.3 is 5.97 Å². The Morgan fingerprint density at radius 1 is 1.04 bits per heavy atom. The Labute approximate surface area is 148 Å². The number of unbranched alkanes of at least 4 members (excludes halogenated alkanes) is 1. The van der Waals surface area contributed by atoms with E-state index >= 15 is 0 Å². The van der Waals surface area contributed by atoms with Gasteiger partial charge in [0.05, 0.1) is 13.0 Å². The molecule has 1 atom stereocenters. The summed E-state index contributed by atoms with van der Waals surface area (Å²) in [6, 6.07) is 15.3. The maximum Gasteiger partial charge on any atom is 0.328 e. The second-order valence-corrected chi connectivity index (χ2v) is 6.33. The van der Waals surface area contributed by atoms with Gasteiger partial charge in [0.15, 0.2) is 0 Å². The van der Waals surface area contributed by atoms with E-state index in [0.717, 1.165) is 35.1 Å². The lowest BCUT2D eigenvalue weighted by Crippen LogP contribution is -2.43. The van der Waals surface area contributed by atoms with Crippen LogP contribution in [-0.2, 0) is 14.3 Å². The highest BCUT2D eigenvalue weighted by Crippen LogP contribution is 2.44. The monoisotopic (exact) mass is 337 g/mol. The molecule has 0 spiro atoms. The van der Waals surface area contributed by atoms with Gasteiger partial charge < -0.3 is 10.1 Å². The summed E-state index contributed by atoms with van der Waals surface area (Å²) < 4.78 is 4.86. The number of hydrogen-bond acceptors (Lipinski definition) is 3. The molecule has 130 valence electrons. The van der Waals surface area contributed by atoms with Gasteiger partial charge in [0.2, 0.25) is 5.91 Å². The zero-order valence-electron chi connectivity index (χ0n) is 14.6. The molecule has 1 aliphatic rings. The van der Waals surface area contributed by atoms with Gasteiger partial charge in [0.1, 0.15) is 6.04 Å². The molecule has 2 aromatic carbocycles. The lowest BCUT2D eigenvalue weighted by molar-refractivity contribution is -0.145. The summed E-state index contributed by atoms with van der Waals surface area (Å²) in [6.07, 6.45) is 2.40. The number of benzene rings is 2. The standard InChI is InChI=1S/C21H23NO3/c1-3-4-13-18(21(24)25-2)22-20(23)19-16-11-7-5-9-14(16)15-10-6-8-12-17(15)19/h5-12,18-19H,3-4,13H2,1-2H3,(H,22,23)/t18-/m1/s1. The number of nitrogens with one attached hydrogen (secondary N) is 1. The fraction of sp³-hybridized carbons (Fsp3) is 0.333. The van der Waals surface area contributed by atoms with Crippen molar-refractivity contribution in [2.75, 3.05) is 7.11 Å². The van der Waals surface area contributed by atoms with Gasteiger partial charge in [0, 0.05) is 0 Å². The van der Waals surface area contributed by atoms with E-state index in [1.807, 2.05) is 48.5 Å². The van der Waals surface area contributed by atoms with Crippen molar-refractivity contribution >= 4 is 11.9 Å². The topological polar surface area (TPSA) is 55.4 Å². The van der Waals surface area contributed by atoms with Gasteiger partial charge in [-0.25, -0.2) is 4.79 Å². The molecular weight excluding hydrogens is 314 g/mol. The molecule has 1 N–H and O–H groups in total. The summed E-state index contributed by atoms with van der Waals surface area (Å²) in [7, 11) is 1.35. The molecule has 0 fully saturated rings. The van der Waals surface area contributed by atoms with Crippen molar-refractivity contribution in [3.8, 4) is 11.1 Å². The van der Waals surface area contributed by atoms with E-state index in [2.05, 4.69) is 12.2 Å². The minimum atomic E-state index is -0.600. The highest BCUT2D eigenvalue weighted by Gasteiger charge is 2.35. The minimum absolute atomic E-state index is 0.149. The molecule has 0 saturated carbocycles. The van der Waals surface area contributed by atoms with Crippen LogP contribution < -0.4 is 5.32 Å². The Balaban J connectivity index is 1.90. The quantitative estimate of drug-likeness (QED) is 0.819. The number of rotatable bonds is 6. The van der Waals surface area contributed by atoms with E-state index in [1.54, 1.807) is 0 Å². The number of amides is 1. The van der Waals surface area contributed by atoms with Gasteiger partial charge in [-0.2, -0.15) is 0 Å². The Kier molecular flexibility index (Phi) is 5.17. The third-order valence-corrected chi connectivity index (χ3v) is 4.74. The van der Waals surface area contributed by atoms with E-state index in [4.69, 9.17) is 4.74 Å². The summed E-state index contributed by atoms with van der Waals surface area (Å²) in [4.78, 5) is 25.1. The highest BCUT2D eigenvalue weighted by molar-refractivity contribution is 5.97. The van der Waals surface area contributed by atoms with Crippen molar-refractivity contribution < 1.29 is 14.3 Å². The zero-order chi connectivity index (χ0) is 17.8. The second kappa shape index (κ2) is 7.51. The van der Waals surface area contributed by atoms with E-state index in [9.17, 15) is 9.59 Å². The Morgan fingerprint density at radius 2 is 1.60 bits per heavy atom. The minimum Gasteiger partial charge on any atom is -0.467 e. The molecule has 25 heavy (non-hydrogen) atoms. The first-order valence-electron chi connectivity index (χ1n) is 8.73. The van der Waals surface area contributed by atoms with Crippen LogP contribution in [0.2, 0.25) is 0 Å². The SMILES string of the molecule is CCCC[C@@H](NC(=O)C1c2ccccc2-c2ccccc21)C(=O)OC. The van der Waals surface area contributed by atoms with Gasteiger partial charge in [-0.15, -0.1) is 0 Å². The molecule has 0 saturated heterocycles. The Morgan fingerprint density at radius 3 is 2.12 bits per heavy atom. The molecule has 0 bridgehead atoms. The third kappa shape index (κ3) is 3.29. The van der Waals surface area contributed by atoms with Crippen LogP contribution in [0.15, 0.2) is 48.5 Å². The summed E-state index contributed by atoms with van der Waals surface area (Å²) in [5.41, 5.74) is 4.14. The number of esters is 1. The molecule has 0 aromatic heterocycles. The summed E-state index contributed by atoms with van der Waals surface area (Å²) in [5, 5.41) is 2.91. The van der Waals surface area contributed by atoms with Crippen LogP contribution in [0.1, 0.15) is 43.2 Å². The number of carbonyl (C=O) groups excluding carboxylic acids is 2. The maximum absolute atomic E-state index is 13.0. The molecule has 3 rings (SSSR count). The number of methoxy groups -OCH3 is 1. The first-order valence-corrected chi connectivity index (χ1v) is 8.73. The molecule has 4 heteroatoms. The Hall–Kier alpha value is -2.62. The molecule has 4 nitrogen and oxygen atoms in total. The van der Waals surface area contributed by atoms with Crippen LogP contribution >= 0.6 is 0 Å². The molecule has 1 amide bonds. The molecular formula is C21H23NO3. The second-order valence-electron chi connectivity index (χ2n) is 6.33. The van der Waals surface area contributed by atoms with Gasteiger partial charge in [-0.3, -0.25) is 4.79 Å². The molecule has 0 aliphatic heterocycles. The summed E-state index contributed by atoms with van der Waals surface area (Å²) >= 11 is 0. The van der Waals surface area contributed by atoms with Crippen molar-refractivity contribution in [1.29, 1.82) is 0 Å². The highest BCUT2D eigenvalue weighted by atomic mass is 16.5. The predicted octanol–water partition coefficient (Wildman–Crippen LogP) is 3.65.